The Hall–Kier alpha value is -3.08. The van der Waals surface area contributed by atoms with Crippen LogP contribution in [0.2, 0.25) is 0 Å². The molecular weight excluding hydrogens is 350 g/mol. The summed E-state index contributed by atoms with van der Waals surface area (Å²) in [5, 5.41) is 16.8. The monoisotopic (exact) mass is 377 g/mol. The highest BCUT2D eigenvalue weighted by Crippen LogP contribution is 2.23. The normalized spacial score (nSPS) is 11.0. The molecule has 0 saturated carbocycles. The molecule has 5 nitrogen and oxygen atoms in total. The van der Waals surface area contributed by atoms with Crippen molar-refractivity contribution in [3.63, 3.8) is 0 Å². The maximum atomic E-state index is 12.7. The molecule has 3 aromatic rings. The van der Waals surface area contributed by atoms with E-state index in [-0.39, 0.29) is 17.6 Å². The van der Waals surface area contributed by atoms with Crippen LogP contribution in [0.3, 0.4) is 0 Å². The van der Waals surface area contributed by atoms with E-state index in [1.807, 2.05) is 48.0 Å². The summed E-state index contributed by atoms with van der Waals surface area (Å²) in [4.78, 5) is 12.7. The molecule has 0 saturated heterocycles. The van der Waals surface area contributed by atoms with Crippen LogP contribution in [-0.4, -0.2) is 27.3 Å². The molecule has 0 spiro atoms. The lowest BCUT2D eigenvalue weighted by molar-refractivity contribution is 0.0952. The molecule has 146 valence electrons. The minimum absolute atomic E-state index is 0.0900. The quantitative estimate of drug-likeness (QED) is 0.601. The summed E-state index contributed by atoms with van der Waals surface area (Å²) in [6.45, 7) is 6.78. The van der Waals surface area contributed by atoms with Crippen molar-refractivity contribution >= 4 is 5.91 Å². The predicted octanol–water partition coefficient (Wildman–Crippen LogP) is 4.37. The molecule has 3 rings (SSSR count). The molecule has 1 heterocycles. The first-order valence-electron chi connectivity index (χ1n) is 9.67. The van der Waals surface area contributed by atoms with Crippen molar-refractivity contribution in [3.05, 3.63) is 77.1 Å². The molecule has 0 aliphatic carbocycles. The first kappa shape index (κ1) is 19.7. The number of benzene rings is 2. The number of rotatable bonds is 7. The Morgan fingerprint density at radius 3 is 2.43 bits per heavy atom. The summed E-state index contributed by atoms with van der Waals surface area (Å²) < 4.78 is 1.86. The maximum Gasteiger partial charge on any atom is 0.254 e. The number of phenolic OH excluding ortho intramolecular Hbond substituents is 1. The summed E-state index contributed by atoms with van der Waals surface area (Å²) in [5.41, 5.74) is 4.83. The molecular formula is C23H27N3O2. The Morgan fingerprint density at radius 1 is 1.11 bits per heavy atom. The van der Waals surface area contributed by atoms with Crippen molar-refractivity contribution in [2.24, 2.45) is 0 Å². The maximum absolute atomic E-state index is 12.7. The van der Waals surface area contributed by atoms with Crippen molar-refractivity contribution in [3.8, 4) is 11.4 Å². The second-order valence-electron chi connectivity index (χ2n) is 7.37. The van der Waals surface area contributed by atoms with Crippen LogP contribution in [0.5, 0.6) is 5.75 Å². The van der Waals surface area contributed by atoms with Crippen LogP contribution in [0.4, 0.5) is 0 Å². The summed E-state index contributed by atoms with van der Waals surface area (Å²) in [5.74, 6) is 0.346. The minimum Gasteiger partial charge on any atom is -0.508 e. The van der Waals surface area contributed by atoms with Gasteiger partial charge in [-0.25, -0.2) is 4.68 Å². The number of amides is 1. The van der Waals surface area contributed by atoms with Gasteiger partial charge in [0.1, 0.15) is 5.75 Å². The predicted molar refractivity (Wildman–Crippen MR) is 111 cm³/mol. The Kier molecular flexibility index (Phi) is 6.14. The number of phenols is 1. The zero-order valence-electron chi connectivity index (χ0n) is 16.6. The Morgan fingerprint density at radius 2 is 1.79 bits per heavy atom. The van der Waals surface area contributed by atoms with E-state index in [2.05, 4.69) is 24.3 Å². The largest absolute Gasteiger partial charge is 0.508 e. The molecule has 0 bridgehead atoms. The van der Waals surface area contributed by atoms with Gasteiger partial charge in [0, 0.05) is 6.54 Å². The lowest BCUT2D eigenvalue weighted by Gasteiger charge is -2.13. The highest BCUT2D eigenvalue weighted by Gasteiger charge is 2.20. The summed E-state index contributed by atoms with van der Waals surface area (Å²) in [7, 11) is 0. The first-order valence-corrected chi connectivity index (χ1v) is 9.67. The van der Waals surface area contributed by atoms with Crippen LogP contribution in [0.25, 0.3) is 5.69 Å². The number of aromatic nitrogens is 2. The van der Waals surface area contributed by atoms with E-state index in [1.54, 1.807) is 18.3 Å². The van der Waals surface area contributed by atoms with Crippen molar-refractivity contribution in [2.75, 3.05) is 6.54 Å². The average molecular weight is 377 g/mol. The van der Waals surface area contributed by atoms with E-state index < -0.39 is 0 Å². The number of carbonyl (C=O) groups excluding carboxylic acids is 1. The molecule has 0 aliphatic rings. The Labute approximate surface area is 166 Å². The van der Waals surface area contributed by atoms with Gasteiger partial charge >= 0.3 is 0 Å². The molecule has 0 atom stereocenters. The fraction of sp³-hybridized carbons (Fsp3) is 0.304. The van der Waals surface area contributed by atoms with Crippen molar-refractivity contribution in [1.82, 2.24) is 15.1 Å². The highest BCUT2D eigenvalue weighted by molar-refractivity contribution is 5.95. The van der Waals surface area contributed by atoms with E-state index in [4.69, 9.17) is 0 Å². The minimum atomic E-state index is -0.0900. The van der Waals surface area contributed by atoms with Crippen LogP contribution < -0.4 is 5.32 Å². The fourth-order valence-corrected chi connectivity index (χ4v) is 3.23. The van der Waals surface area contributed by atoms with E-state index in [9.17, 15) is 9.90 Å². The Bertz CT molecular complexity index is 925. The van der Waals surface area contributed by atoms with Crippen molar-refractivity contribution in [2.45, 2.75) is 39.5 Å². The van der Waals surface area contributed by atoms with Crippen molar-refractivity contribution in [1.29, 1.82) is 0 Å². The van der Waals surface area contributed by atoms with E-state index in [0.717, 1.165) is 29.8 Å². The molecule has 2 aromatic carbocycles. The summed E-state index contributed by atoms with van der Waals surface area (Å²) in [6.07, 6.45) is 3.34. The topological polar surface area (TPSA) is 67.2 Å². The van der Waals surface area contributed by atoms with Gasteiger partial charge in [-0.3, -0.25) is 4.79 Å². The van der Waals surface area contributed by atoms with E-state index in [1.165, 1.54) is 5.56 Å². The van der Waals surface area contributed by atoms with Crippen LogP contribution >= 0.6 is 0 Å². The molecule has 28 heavy (non-hydrogen) atoms. The third kappa shape index (κ3) is 4.60. The number of aryl methyl sites for hydroxylation is 2. The number of nitrogens with one attached hydrogen (secondary N) is 1. The number of nitrogens with zero attached hydrogens (tertiary/aromatic N) is 2. The summed E-state index contributed by atoms with van der Waals surface area (Å²) in [6, 6.07) is 15.3. The molecule has 0 aliphatic heterocycles. The average Bonchev–Trinajstić information content (AvgIpc) is 3.12. The molecule has 1 amide bonds. The molecule has 5 heteroatoms. The van der Waals surface area contributed by atoms with Crippen LogP contribution in [0, 0.1) is 6.92 Å². The second kappa shape index (κ2) is 8.74. The molecule has 2 N–H and O–H groups in total. The smallest absolute Gasteiger partial charge is 0.254 e. The lowest BCUT2D eigenvalue weighted by Crippen LogP contribution is -2.26. The van der Waals surface area contributed by atoms with Gasteiger partial charge in [0.2, 0.25) is 0 Å². The van der Waals surface area contributed by atoms with Gasteiger partial charge in [0.15, 0.2) is 0 Å². The lowest BCUT2D eigenvalue weighted by atomic mass is 10.0. The first-order chi connectivity index (χ1) is 13.5. The number of aromatic hydroxyl groups is 1. The van der Waals surface area contributed by atoms with Crippen LogP contribution in [-0.2, 0) is 6.42 Å². The van der Waals surface area contributed by atoms with Crippen LogP contribution in [0.1, 0.15) is 53.4 Å². The van der Waals surface area contributed by atoms with Gasteiger partial charge in [-0.05, 0) is 55.5 Å². The van der Waals surface area contributed by atoms with Crippen molar-refractivity contribution < 1.29 is 9.90 Å². The fourth-order valence-electron chi connectivity index (χ4n) is 3.23. The molecule has 0 unspecified atom stereocenters. The second-order valence-corrected chi connectivity index (χ2v) is 7.37. The SMILES string of the molecule is Cc1ccc(-n2ncc(C(=O)NCCCc3ccc(O)cc3)c2C(C)C)cc1. The molecule has 0 fully saturated rings. The van der Waals surface area contributed by atoms with Crippen LogP contribution in [0.15, 0.2) is 54.7 Å². The van der Waals surface area contributed by atoms with Gasteiger partial charge < -0.3 is 10.4 Å². The molecule has 0 radical (unpaired) electrons. The highest BCUT2D eigenvalue weighted by atomic mass is 16.3. The van der Waals surface area contributed by atoms with Gasteiger partial charge in [0.25, 0.3) is 5.91 Å². The van der Waals surface area contributed by atoms with Gasteiger partial charge in [-0.1, -0.05) is 43.7 Å². The standard InChI is InChI=1S/C23H27N3O2/c1-16(2)22-21(15-25-26(22)19-10-6-17(3)7-11-19)23(28)24-14-4-5-18-8-12-20(27)13-9-18/h6-13,15-16,27H,4-5,14H2,1-3H3,(H,24,28). The molecule has 1 aromatic heterocycles. The van der Waals surface area contributed by atoms with Gasteiger partial charge in [-0.15, -0.1) is 0 Å². The van der Waals surface area contributed by atoms with Gasteiger partial charge in [-0.2, -0.15) is 5.10 Å². The zero-order valence-corrected chi connectivity index (χ0v) is 16.6. The third-order valence-corrected chi connectivity index (χ3v) is 4.74. The van der Waals surface area contributed by atoms with E-state index >= 15 is 0 Å². The summed E-state index contributed by atoms with van der Waals surface area (Å²) >= 11 is 0. The zero-order chi connectivity index (χ0) is 20.1. The number of hydrogen-bond donors (Lipinski definition) is 2. The Balaban J connectivity index is 1.66. The third-order valence-electron chi connectivity index (χ3n) is 4.74. The van der Waals surface area contributed by atoms with E-state index in [0.29, 0.717) is 12.1 Å². The number of carbonyl (C=O) groups is 1. The number of hydrogen-bond acceptors (Lipinski definition) is 3. The van der Waals surface area contributed by atoms with Gasteiger partial charge in [0.05, 0.1) is 23.1 Å².